The van der Waals surface area contributed by atoms with Crippen molar-refractivity contribution in [3.63, 3.8) is 0 Å². The lowest BCUT2D eigenvalue weighted by molar-refractivity contribution is -0.387. The quantitative estimate of drug-likeness (QED) is 0.414. The molecule has 0 amide bonds. The third kappa shape index (κ3) is 2.87. The first-order valence-electron chi connectivity index (χ1n) is 5.18. The zero-order valence-corrected chi connectivity index (χ0v) is 10.3. The molecular formula is C10H13ClN2O5. The number of pyridine rings is 1. The van der Waals surface area contributed by atoms with E-state index in [1.54, 1.807) is 0 Å². The Morgan fingerprint density at radius 3 is 2.67 bits per heavy atom. The Bertz CT molecular complexity index is 502. The van der Waals surface area contributed by atoms with Crippen LogP contribution in [0.1, 0.15) is 23.7 Å². The molecule has 0 saturated carbocycles. The first-order valence-corrected chi connectivity index (χ1v) is 5.72. The third-order valence-electron chi connectivity index (χ3n) is 2.63. The fraction of sp³-hybridized carbons (Fsp3) is 0.500. The second kappa shape index (κ2) is 5.94. The number of nitro groups is 1. The van der Waals surface area contributed by atoms with E-state index in [1.165, 1.54) is 6.92 Å². The molecule has 2 unspecified atom stereocenters. The van der Waals surface area contributed by atoms with Crippen molar-refractivity contribution in [3.8, 4) is 0 Å². The standard InChI is InChI=1S/C10H13ClN2O5/c1-5-6(9(15)7(14)2-3-11)4-12-10(16)8(5)13(17)18/h4,7,9,14-15H,2-3H2,1H3,(H,12,16). The van der Waals surface area contributed by atoms with Gasteiger partial charge in [-0.3, -0.25) is 14.9 Å². The first kappa shape index (κ1) is 14.6. The van der Waals surface area contributed by atoms with E-state index in [1.807, 2.05) is 0 Å². The molecular weight excluding hydrogens is 264 g/mol. The molecule has 2 atom stereocenters. The summed E-state index contributed by atoms with van der Waals surface area (Å²) in [6.45, 7) is 1.35. The van der Waals surface area contributed by atoms with Crippen LogP contribution in [0.4, 0.5) is 5.69 Å². The highest BCUT2D eigenvalue weighted by Gasteiger charge is 2.26. The summed E-state index contributed by atoms with van der Waals surface area (Å²) < 4.78 is 0. The fourth-order valence-corrected chi connectivity index (χ4v) is 1.85. The van der Waals surface area contributed by atoms with Gasteiger partial charge < -0.3 is 15.2 Å². The van der Waals surface area contributed by atoms with Gasteiger partial charge in [-0.05, 0) is 13.3 Å². The SMILES string of the molecule is Cc1c(C(O)C(O)CCCl)c[nH]c(=O)c1[N+](=O)[O-]. The van der Waals surface area contributed by atoms with Crippen molar-refractivity contribution in [3.05, 3.63) is 37.8 Å². The topological polar surface area (TPSA) is 116 Å². The van der Waals surface area contributed by atoms with Crippen molar-refractivity contribution in [1.29, 1.82) is 0 Å². The van der Waals surface area contributed by atoms with E-state index in [-0.39, 0.29) is 23.4 Å². The number of hydrogen-bond acceptors (Lipinski definition) is 5. The van der Waals surface area contributed by atoms with Crippen molar-refractivity contribution in [2.24, 2.45) is 0 Å². The van der Waals surface area contributed by atoms with Crippen LogP contribution in [0.2, 0.25) is 0 Å². The molecule has 0 aliphatic heterocycles. The van der Waals surface area contributed by atoms with E-state index < -0.39 is 28.4 Å². The van der Waals surface area contributed by atoms with Crippen LogP contribution in [0, 0.1) is 17.0 Å². The minimum atomic E-state index is -1.33. The summed E-state index contributed by atoms with van der Waals surface area (Å²) in [7, 11) is 0. The van der Waals surface area contributed by atoms with Gasteiger partial charge in [-0.2, -0.15) is 0 Å². The number of H-pyrrole nitrogens is 1. The van der Waals surface area contributed by atoms with Gasteiger partial charge in [0.25, 0.3) is 0 Å². The lowest BCUT2D eigenvalue weighted by Crippen LogP contribution is -2.22. The van der Waals surface area contributed by atoms with Gasteiger partial charge in [0.2, 0.25) is 0 Å². The highest BCUT2D eigenvalue weighted by molar-refractivity contribution is 6.17. The van der Waals surface area contributed by atoms with E-state index in [9.17, 15) is 25.1 Å². The summed E-state index contributed by atoms with van der Waals surface area (Å²) in [6, 6.07) is 0. The number of hydrogen-bond donors (Lipinski definition) is 3. The largest absolute Gasteiger partial charge is 0.390 e. The first-order chi connectivity index (χ1) is 8.40. The number of aromatic nitrogens is 1. The Morgan fingerprint density at radius 2 is 2.17 bits per heavy atom. The molecule has 0 fully saturated rings. The Hall–Kier alpha value is -1.44. The number of aromatic amines is 1. The summed E-state index contributed by atoms with van der Waals surface area (Å²) in [6.07, 6.45) is -1.19. The van der Waals surface area contributed by atoms with E-state index in [4.69, 9.17) is 11.6 Å². The molecule has 0 aliphatic rings. The predicted octanol–water partition coefficient (Wildman–Crippen LogP) is 0.615. The van der Waals surface area contributed by atoms with Crippen LogP contribution in [-0.2, 0) is 0 Å². The molecule has 8 heteroatoms. The molecule has 0 bridgehead atoms. The normalized spacial score (nSPS) is 14.2. The molecule has 1 heterocycles. The van der Waals surface area contributed by atoms with Gasteiger partial charge in [-0.25, -0.2) is 0 Å². The number of aliphatic hydroxyl groups is 2. The molecule has 1 rings (SSSR count). The van der Waals surface area contributed by atoms with Crippen molar-refractivity contribution in [2.45, 2.75) is 25.6 Å². The molecule has 1 aromatic heterocycles. The van der Waals surface area contributed by atoms with E-state index in [0.717, 1.165) is 6.20 Å². The van der Waals surface area contributed by atoms with Crippen LogP contribution in [0.5, 0.6) is 0 Å². The van der Waals surface area contributed by atoms with Crippen LogP contribution in [0.15, 0.2) is 11.0 Å². The molecule has 0 radical (unpaired) electrons. The average Bonchev–Trinajstić information content (AvgIpc) is 2.28. The molecule has 3 N–H and O–H groups in total. The minimum Gasteiger partial charge on any atom is -0.390 e. The molecule has 7 nitrogen and oxygen atoms in total. The Labute approximate surface area is 107 Å². The summed E-state index contributed by atoms with van der Waals surface area (Å²) in [5.74, 6) is 0.142. The summed E-state index contributed by atoms with van der Waals surface area (Å²) in [4.78, 5) is 23.4. The maximum Gasteiger partial charge on any atom is 0.337 e. The maximum absolute atomic E-state index is 11.3. The predicted molar refractivity (Wildman–Crippen MR) is 64.8 cm³/mol. The Balaban J connectivity index is 3.23. The van der Waals surface area contributed by atoms with Crippen LogP contribution >= 0.6 is 11.6 Å². The van der Waals surface area contributed by atoms with Crippen molar-refractivity contribution in [1.82, 2.24) is 4.98 Å². The molecule has 0 saturated heterocycles. The molecule has 100 valence electrons. The molecule has 0 aliphatic carbocycles. The van der Waals surface area contributed by atoms with Gasteiger partial charge in [0.05, 0.1) is 11.0 Å². The second-order valence-corrected chi connectivity index (χ2v) is 4.17. The number of aliphatic hydroxyl groups excluding tert-OH is 2. The number of halogens is 1. The minimum absolute atomic E-state index is 0.0323. The highest BCUT2D eigenvalue weighted by atomic mass is 35.5. The maximum atomic E-state index is 11.3. The highest BCUT2D eigenvalue weighted by Crippen LogP contribution is 2.25. The summed E-state index contributed by atoms with van der Waals surface area (Å²) in [5, 5.41) is 30.2. The third-order valence-corrected chi connectivity index (χ3v) is 2.85. The van der Waals surface area contributed by atoms with Crippen LogP contribution < -0.4 is 5.56 Å². The van der Waals surface area contributed by atoms with Crippen molar-refractivity contribution < 1.29 is 15.1 Å². The number of alkyl halides is 1. The van der Waals surface area contributed by atoms with E-state index in [0.29, 0.717) is 0 Å². The lowest BCUT2D eigenvalue weighted by atomic mass is 9.99. The van der Waals surface area contributed by atoms with Gasteiger partial charge in [0.15, 0.2) is 0 Å². The summed E-state index contributed by atoms with van der Waals surface area (Å²) >= 11 is 5.44. The zero-order valence-electron chi connectivity index (χ0n) is 9.59. The van der Waals surface area contributed by atoms with Gasteiger partial charge in [0, 0.05) is 23.2 Å². The van der Waals surface area contributed by atoms with E-state index in [2.05, 4.69) is 4.98 Å². The lowest BCUT2D eigenvalue weighted by Gasteiger charge is -2.18. The van der Waals surface area contributed by atoms with Gasteiger partial charge in [0.1, 0.15) is 6.10 Å². The average molecular weight is 277 g/mol. The summed E-state index contributed by atoms with van der Waals surface area (Å²) in [5.41, 5.74) is -1.34. The van der Waals surface area contributed by atoms with Crippen LogP contribution in [0.25, 0.3) is 0 Å². The number of rotatable bonds is 5. The monoisotopic (exact) mass is 276 g/mol. The fourth-order valence-electron chi connectivity index (χ4n) is 1.63. The van der Waals surface area contributed by atoms with Crippen LogP contribution in [-0.4, -0.2) is 32.1 Å². The second-order valence-electron chi connectivity index (χ2n) is 3.79. The zero-order chi connectivity index (χ0) is 13.9. The number of nitrogens with zero attached hydrogens (tertiary/aromatic N) is 1. The van der Waals surface area contributed by atoms with Crippen molar-refractivity contribution >= 4 is 17.3 Å². The molecule has 1 aromatic rings. The molecule has 0 spiro atoms. The Morgan fingerprint density at radius 1 is 1.56 bits per heavy atom. The van der Waals surface area contributed by atoms with Gasteiger partial charge >= 0.3 is 11.2 Å². The van der Waals surface area contributed by atoms with Crippen LogP contribution in [0.3, 0.4) is 0 Å². The molecule has 0 aromatic carbocycles. The smallest absolute Gasteiger partial charge is 0.337 e. The van der Waals surface area contributed by atoms with Crippen molar-refractivity contribution in [2.75, 3.05) is 5.88 Å². The number of nitrogens with one attached hydrogen (secondary N) is 1. The molecule has 18 heavy (non-hydrogen) atoms. The van der Waals surface area contributed by atoms with E-state index >= 15 is 0 Å². The van der Waals surface area contributed by atoms with Gasteiger partial charge in [-0.1, -0.05) is 0 Å². The Kier molecular flexibility index (Phi) is 4.83. The van der Waals surface area contributed by atoms with Gasteiger partial charge in [-0.15, -0.1) is 11.6 Å².